The van der Waals surface area contributed by atoms with E-state index in [2.05, 4.69) is 5.32 Å². The summed E-state index contributed by atoms with van der Waals surface area (Å²) in [4.78, 5) is 37.7. The number of phenols is 1. The first kappa shape index (κ1) is 19.4. The monoisotopic (exact) mass is 498 g/mol. The van der Waals surface area contributed by atoms with Crippen molar-refractivity contribution in [1.29, 1.82) is 0 Å². The minimum atomic E-state index is -0.567. The van der Waals surface area contributed by atoms with E-state index < -0.39 is 29.4 Å². The summed E-state index contributed by atoms with van der Waals surface area (Å²) >= 11 is 2.69. The lowest BCUT2D eigenvalue weighted by Gasteiger charge is -2.12. The highest BCUT2D eigenvalue weighted by Gasteiger charge is 2.36. The van der Waals surface area contributed by atoms with Crippen LogP contribution in [-0.2, 0) is 9.59 Å². The van der Waals surface area contributed by atoms with Gasteiger partial charge in [0.05, 0.1) is 8.48 Å². The molecule has 1 aliphatic heterocycles. The number of thioether (sulfide) groups is 1. The van der Waals surface area contributed by atoms with Crippen LogP contribution in [0.3, 0.4) is 0 Å². The van der Waals surface area contributed by atoms with Crippen molar-refractivity contribution in [3.63, 3.8) is 0 Å². The molecule has 0 aliphatic carbocycles. The number of rotatable bonds is 4. The Labute approximate surface area is 171 Å². The van der Waals surface area contributed by atoms with E-state index in [1.165, 1.54) is 36.4 Å². The fourth-order valence-corrected chi connectivity index (χ4v) is 3.66. The molecule has 3 amide bonds. The molecule has 0 aromatic heterocycles. The van der Waals surface area contributed by atoms with Gasteiger partial charge in [0.1, 0.15) is 18.1 Å². The summed E-state index contributed by atoms with van der Waals surface area (Å²) < 4.78 is 13.5. The van der Waals surface area contributed by atoms with Gasteiger partial charge >= 0.3 is 0 Å². The maximum atomic E-state index is 12.9. The second kappa shape index (κ2) is 8.09. The van der Waals surface area contributed by atoms with Crippen LogP contribution in [0.1, 0.15) is 5.56 Å². The van der Waals surface area contributed by atoms with Gasteiger partial charge in [0.25, 0.3) is 11.1 Å². The van der Waals surface area contributed by atoms with Gasteiger partial charge in [-0.05, 0) is 82.4 Å². The summed E-state index contributed by atoms with van der Waals surface area (Å²) in [5.41, 5.74) is 1.01. The van der Waals surface area contributed by atoms with Crippen molar-refractivity contribution in [1.82, 2.24) is 4.90 Å². The number of nitrogens with zero attached hydrogens (tertiary/aromatic N) is 1. The SMILES string of the molecule is O=C(CN1C(=O)S/C(=C\c2ccc(O)c(I)c2)C1=O)Nc1ccc(F)cc1. The molecular formula is C18H12FIN2O4S. The van der Waals surface area contributed by atoms with Crippen molar-refractivity contribution >= 4 is 63.2 Å². The molecule has 138 valence electrons. The smallest absolute Gasteiger partial charge is 0.294 e. The van der Waals surface area contributed by atoms with Crippen LogP contribution in [0, 0.1) is 9.39 Å². The van der Waals surface area contributed by atoms with Gasteiger partial charge in [-0.2, -0.15) is 0 Å². The fourth-order valence-electron chi connectivity index (χ4n) is 2.28. The van der Waals surface area contributed by atoms with E-state index in [0.29, 0.717) is 14.8 Å². The van der Waals surface area contributed by atoms with Crippen molar-refractivity contribution in [3.8, 4) is 5.75 Å². The van der Waals surface area contributed by atoms with Crippen molar-refractivity contribution < 1.29 is 23.9 Å². The van der Waals surface area contributed by atoms with Gasteiger partial charge in [-0.25, -0.2) is 4.39 Å². The third kappa shape index (κ3) is 4.66. The van der Waals surface area contributed by atoms with Crippen LogP contribution in [0.4, 0.5) is 14.9 Å². The summed E-state index contributed by atoms with van der Waals surface area (Å²) in [6.45, 7) is -0.438. The van der Waals surface area contributed by atoms with E-state index in [0.717, 1.165) is 16.7 Å². The van der Waals surface area contributed by atoms with E-state index in [-0.39, 0.29) is 10.7 Å². The number of hydrogen-bond donors (Lipinski definition) is 2. The van der Waals surface area contributed by atoms with E-state index in [1.807, 2.05) is 22.6 Å². The Balaban J connectivity index is 1.70. The highest BCUT2D eigenvalue weighted by Crippen LogP contribution is 2.33. The quantitative estimate of drug-likeness (QED) is 0.495. The second-order valence-electron chi connectivity index (χ2n) is 5.53. The molecule has 0 spiro atoms. The van der Waals surface area contributed by atoms with E-state index in [4.69, 9.17) is 0 Å². The molecule has 27 heavy (non-hydrogen) atoms. The van der Waals surface area contributed by atoms with E-state index in [1.54, 1.807) is 12.1 Å². The lowest BCUT2D eigenvalue weighted by Crippen LogP contribution is -2.36. The van der Waals surface area contributed by atoms with Crippen LogP contribution in [0.5, 0.6) is 5.75 Å². The molecule has 2 aromatic carbocycles. The normalized spacial score (nSPS) is 15.5. The van der Waals surface area contributed by atoms with E-state index in [9.17, 15) is 23.9 Å². The zero-order chi connectivity index (χ0) is 19.6. The predicted molar refractivity (Wildman–Crippen MR) is 109 cm³/mol. The van der Waals surface area contributed by atoms with Crippen LogP contribution in [0.25, 0.3) is 6.08 Å². The summed E-state index contributed by atoms with van der Waals surface area (Å²) in [5.74, 6) is -1.45. The van der Waals surface area contributed by atoms with E-state index >= 15 is 0 Å². The summed E-state index contributed by atoms with van der Waals surface area (Å²) in [6.07, 6.45) is 1.53. The average molecular weight is 498 g/mol. The number of aromatic hydroxyl groups is 1. The number of nitrogens with one attached hydrogen (secondary N) is 1. The van der Waals surface area contributed by atoms with Gasteiger partial charge in [-0.3, -0.25) is 19.3 Å². The van der Waals surface area contributed by atoms with Gasteiger partial charge in [-0.1, -0.05) is 6.07 Å². The van der Waals surface area contributed by atoms with Gasteiger partial charge in [0.15, 0.2) is 0 Å². The van der Waals surface area contributed by atoms with Crippen LogP contribution >= 0.6 is 34.4 Å². The van der Waals surface area contributed by atoms with Crippen molar-refractivity contribution in [2.24, 2.45) is 0 Å². The second-order valence-corrected chi connectivity index (χ2v) is 7.69. The summed E-state index contributed by atoms with van der Waals surface area (Å²) in [7, 11) is 0. The molecule has 1 aliphatic rings. The number of carbonyl (C=O) groups is 3. The number of hydrogen-bond acceptors (Lipinski definition) is 5. The number of halogens is 2. The molecule has 1 fully saturated rings. The predicted octanol–water partition coefficient (Wildman–Crippen LogP) is 3.81. The molecule has 0 unspecified atom stereocenters. The number of phenolic OH excluding ortho intramolecular Hbond substituents is 1. The molecule has 1 saturated heterocycles. The topological polar surface area (TPSA) is 86.7 Å². The molecule has 0 saturated carbocycles. The Morgan fingerprint density at radius 3 is 2.59 bits per heavy atom. The summed E-state index contributed by atoms with van der Waals surface area (Å²) in [6, 6.07) is 9.93. The Hall–Kier alpha value is -2.40. The number of benzene rings is 2. The lowest BCUT2D eigenvalue weighted by molar-refractivity contribution is -0.127. The van der Waals surface area contributed by atoms with Crippen LogP contribution in [-0.4, -0.2) is 33.6 Å². The Morgan fingerprint density at radius 1 is 1.22 bits per heavy atom. The largest absolute Gasteiger partial charge is 0.507 e. The van der Waals surface area contributed by atoms with Crippen molar-refractivity contribution in [2.45, 2.75) is 0 Å². The number of anilines is 1. The Bertz CT molecular complexity index is 962. The third-order valence-corrected chi connectivity index (χ3v) is 5.34. The number of imide groups is 1. The van der Waals surface area contributed by atoms with Crippen LogP contribution < -0.4 is 5.32 Å². The maximum absolute atomic E-state index is 12.9. The third-order valence-electron chi connectivity index (χ3n) is 3.57. The highest BCUT2D eigenvalue weighted by molar-refractivity contribution is 14.1. The first-order valence-electron chi connectivity index (χ1n) is 7.63. The van der Waals surface area contributed by atoms with Crippen molar-refractivity contribution in [2.75, 3.05) is 11.9 Å². The van der Waals surface area contributed by atoms with Crippen LogP contribution in [0.15, 0.2) is 47.4 Å². The van der Waals surface area contributed by atoms with Gasteiger partial charge in [0, 0.05) is 5.69 Å². The molecule has 1 heterocycles. The molecule has 3 rings (SSSR count). The lowest BCUT2D eigenvalue weighted by atomic mass is 10.2. The minimum Gasteiger partial charge on any atom is -0.507 e. The standard InChI is InChI=1S/C18H12FIN2O4S/c19-11-2-4-12(5-3-11)21-16(24)9-22-17(25)15(27-18(22)26)8-10-1-6-14(23)13(20)7-10/h1-8,23H,9H2,(H,21,24)/b15-8-. The highest BCUT2D eigenvalue weighted by atomic mass is 127. The van der Waals surface area contributed by atoms with Crippen molar-refractivity contribution in [3.05, 3.63) is 62.3 Å². The van der Waals surface area contributed by atoms with Crippen LogP contribution in [0.2, 0.25) is 0 Å². The average Bonchev–Trinajstić information content (AvgIpc) is 2.87. The summed E-state index contributed by atoms with van der Waals surface area (Å²) in [5, 5.41) is 11.5. The maximum Gasteiger partial charge on any atom is 0.294 e. The first-order valence-corrected chi connectivity index (χ1v) is 9.52. The van der Waals surface area contributed by atoms with Gasteiger partial charge < -0.3 is 10.4 Å². The molecular weight excluding hydrogens is 486 g/mol. The molecule has 2 N–H and O–H groups in total. The number of carbonyl (C=O) groups excluding carboxylic acids is 3. The molecule has 2 aromatic rings. The Kier molecular flexibility index (Phi) is 5.80. The molecule has 0 atom stereocenters. The minimum absolute atomic E-state index is 0.123. The molecule has 6 nitrogen and oxygen atoms in total. The Morgan fingerprint density at radius 2 is 1.93 bits per heavy atom. The number of amides is 3. The molecule has 0 radical (unpaired) electrons. The zero-order valence-corrected chi connectivity index (χ0v) is 16.6. The zero-order valence-electron chi connectivity index (χ0n) is 13.6. The molecule has 9 heteroatoms. The molecule has 0 bridgehead atoms. The fraction of sp³-hybridized carbons (Fsp3) is 0.0556. The van der Waals surface area contributed by atoms with Gasteiger partial charge in [-0.15, -0.1) is 0 Å². The van der Waals surface area contributed by atoms with Gasteiger partial charge in [0.2, 0.25) is 5.91 Å². The first-order chi connectivity index (χ1) is 12.8.